The summed E-state index contributed by atoms with van der Waals surface area (Å²) in [6, 6.07) is 7.85. The molecule has 1 aliphatic rings. The molecule has 25 heavy (non-hydrogen) atoms. The van der Waals surface area contributed by atoms with E-state index in [4.69, 9.17) is 16.7 Å². The van der Waals surface area contributed by atoms with E-state index >= 15 is 0 Å². The van der Waals surface area contributed by atoms with Crippen molar-refractivity contribution in [2.45, 2.75) is 40.2 Å². The minimum atomic E-state index is 0.751. The molecule has 2 heterocycles. The first-order valence-corrected chi connectivity index (χ1v) is 9.70. The average Bonchev–Trinajstić information content (AvgIpc) is 3.15. The molecule has 1 atom stereocenters. The first kappa shape index (κ1) is 18.4. The molecule has 5 heteroatoms. The molecule has 1 unspecified atom stereocenters. The van der Waals surface area contributed by atoms with Crippen molar-refractivity contribution in [2.75, 3.05) is 26.2 Å². The molecule has 1 N–H and O–H groups in total. The van der Waals surface area contributed by atoms with Crippen molar-refractivity contribution in [3.63, 3.8) is 0 Å². The third-order valence-electron chi connectivity index (χ3n) is 5.16. The van der Waals surface area contributed by atoms with Crippen molar-refractivity contribution in [3.8, 4) is 5.69 Å². The van der Waals surface area contributed by atoms with Gasteiger partial charge < -0.3 is 10.2 Å². The summed E-state index contributed by atoms with van der Waals surface area (Å²) < 4.78 is 2.02. The molecule has 0 bridgehead atoms. The van der Waals surface area contributed by atoms with E-state index in [1.807, 2.05) is 28.9 Å². The van der Waals surface area contributed by atoms with E-state index in [-0.39, 0.29) is 0 Å². The van der Waals surface area contributed by atoms with Crippen LogP contribution in [0, 0.1) is 19.8 Å². The maximum absolute atomic E-state index is 5.99. The number of hydrogen-bond acceptors (Lipinski definition) is 3. The number of rotatable bonds is 7. The van der Waals surface area contributed by atoms with Gasteiger partial charge in [0.25, 0.3) is 0 Å². The minimum Gasteiger partial charge on any atom is -0.312 e. The van der Waals surface area contributed by atoms with Gasteiger partial charge in [-0.15, -0.1) is 0 Å². The molecular weight excluding hydrogens is 332 g/mol. The van der Waals surface area contributed by atoms with Gasteiger partial charge in [-0.3, -0.25) is 0 Å². The monoisotopic (exact) mass is 360 g/mol. The van der Waals surface area contributed by atoms with Crippen molar-refractivity contribution in [1.29, 1.82) is 0 Å². The maximum Gasteiger partial charge on any atom is 0.0649 e. The van der Waals surface area contributed by atoms with Gasteiger partial charge >= 0.3 is 0 Å². The maximum atomic E-state index is 5.99. The highest BCUT2D eigenvalue weighted by Gasteiger charge is 2.21. The van der Waals surface area contributed by atoms with Crippen LogP contribution < -0.4 is 5.32 Å². The fraction of sp³-hybridized carbons (Fsp3) is 0.550. The summed E-state index contributed by atoms with van der Waals surface area (Å²) in [5, 5.41) is 9.13. The van der Waals surface area contributed by atoms with Crippen molar-refractivity contribution < 1.29 is 0 Å². The Hall–Kier alpha value is -1.36. The topological polar surface area (TPSA) is 33.1 Å². The van der Waals surface area contributed by atoms with Gasteiger partial charge in [-0.2, -0.15) is 5.10 Å². The van der Waals surface area contributed by atoms with E-state index in [9.17, 15) is 0 Å². The number of aryl methyl sites for hydroxylation is 1. The molecule has 1 fully saturated rings. The van der Waals surface area contributed by atoms with Crippen LogP contribution in [0.25, 0.3) is 5.69 Å². The molecule has 1 aromatic carbocycles. The summed E-state index contributed by atoms with van der Waals surface area (Å²) in [6.07, 6.45) is 2.57. The predicted octanol–water partition coefficient (Wildman–Crippen LogP) is 3.96. The number of benzene rings is 1. The second kappa shape index (κ2) is 8.35. The molecular formula is C20H29ClN4. The van der Waals surface area contributed by atoms with Crippen molar-refractivity contribution in [1.82, 2.24) is 20.0 Å². The van der Waals surface area contributed by atoms with Gasteiger partial charge in [0.05, 0.1) is 11.4 Å². The second-order valence-electron chi connectivity index (χ2n) is 7.12. The van der Waals surface area contributed by atoms with Crippen LogP contribution in [0.2, 0.25) is 5.02 Å². The van der Waals surface area contributed by atoms with E-state index in [2.05, 4.69) is 31.0 Å². The summed E-state index contributed by atoms with van der Waals surface area (Å²) in [5.41, 5.74) is 4.66. The Bertz CT molecular complexity index is 692. The van der Waals surface area contributed by atoms with Crippen LogP contribution in [-0.4, -0.2) is 40.9 Å². The van der Waals surface area contributed by atoms with E-state index < -0.39 is 0 Å². The normalized spacial score (nSPS) is 18.2. The zero-order chi connectivity index (χ0) is 17.8. The molecule has 1 saturated heterocycles. The molecule has 2 aromatic rings. The van der Waals surface area contributed by atoms with Gasteiger partial charge in [0, 0.05) is 29.4 Å². The summed E-state index contributed by atoms with van der Waals surface area (Å²) in [5.74, 6) is 0.776. The predicted molar refractivity (Wildman–Crippen MR) is 105 cm³/mol. The van der Waals surface area contributed by atoms with Gasteiger partial charge in [0.1, 0.15) is 0 Å². The highest BCUT2D eigenvalue weighted by Crippen LogP contribution is 2.20. The van der Waals surface area contributed by atoms with Gasteiger partial charge in [0.2, 0.25) is 0 Å². The quantitative estimate of drug-likeness (QED) is 0.811. The van der Waals surface area contributed by atoms with E-state index in [1.165, 1.54) is 43.7 Å². The second-order valence-corrected chi connectivity index (χ2v) is 7.56. The Morgan fingerprint density at radius 1 is 1.24 bits per heavy atom. The lowest BCUT2D eigenvalue weighted by Gasteiger charge is -2.15. The molecule has 4 nitrogen and oxygen atoms in total. The number of likely N-dealkylation sites (tertiary alicyclic amines) is 1. The Labute approximate surface area is 156 Å². The van der Waals surface area contributed by atoms with Gasteiger partial charge in [0.15, 0.2) is 0 Å². The van der Waals surface area contributed by atoms with E-state index in [1.54, 1.807) is 0 Å². The van der Waals surface area contributed by atoms with Crippen LogP contribution >= 0.6 is 11.6 Å². The molecule has 136 valence electrons. The van der Waals surface area contributed by atoms with Gasteiger partial charge in [-0.1, -0.05) is 18.5 Å². The minimum absolute atomic E-state index is 0.751. The first-order valence-electron chi connectivity index (χ1n) is 9.32. The van der Waals surface area contributed by atoms with Crippen LogP contribution in [0.1, 0.15) is 36.7 Å². The molecule has 0 amide bonds. The number of hydrogen-bond donors (Lipinski definition) is 1. The number of nitrogens with zero attached hydrogens (tertiary/aromatic N) is 3. The molecule has 1 aromatic heterocycles. The van der Waals surface area contributed by atoms with E-state index in [0.29, 0.717) is 0 Å². The smallest absolute Gasteiger partial charge is 0.0649 e. The number of nitrogens with one attached hydrogen (secondary N) is 1. The lowest BCUT2D eigenvalue weighted by Crippen LogP contribution is -2.27. The van der Waals surface area contributed by atoms with Crippen molar-refractivity contribution in [3.05, 3.63) is 46.2 Å². The fourth-order valence-corrected chi connectivity index (χ4v) is 3.89. The third-order valence-corrected chi connectivity index (χ3v) is 5.41. The SMILES string of the molecule is CCCN1CCC(CNCc2c(C)nn(-c3ccc(Cl)cc3)c2C)C1. The standard InChI is InChI=1S/C20H29ClN4/c1-4-10-24-11-9-17(14-24)12-22-13-20-15(2)23-25(16(20)3)19-7-5-18(21)6-8-19/h5-8,17,22H,4,9-14H2,1-3H3. The summed E-state index contributed by atoms with van der Waals surface area (Å²) >= 11 is 5.99. The summed E-state index contributed by atoms with van der Waals surface area (Å²) in [7, 11) is 0. The number of aromatic nitrogens is 2. The zero-order valence-electron chi connectivity index (χ0n) is 15.6. The van der Waals surface area contributed by atoms with Crippen LogP contribution in [0.3, 0.4) is 0 Å². The lowest BCUT2D eigenvalue weighted by molar-refractivity contribution is 0.322. The zero-order valence-corrected chi connectivity index (χ0v) is 16.3. The molecule has 0 spiro atoms. The van der Waals surface area contributed by atoms with Crippen LogP contribution in [0.5, 0.6) is 0 Å². The number of halogens is 1. The Balaban J connectivity index is 1.59. The molecule has 0 radical (unpaired) electrons. The van der Waals surface area contributed by atoms with Crippen LogP contribution in [0.4, 0.5) is 0 Å². The van der Waals surface area contributed by atoms with Crippen molar-refractivity contribution >= 4 is 11.6 Å². The Morgan fingerprint density at radius 2 is 2.00 bits per heavy atom. The molecule has 1 aliphatic heterocycles. The van der Waals surface area contributed by atoms with Gasteiger partial charge in [-0.05, 0) is 76.5 Å². The molecule has 0 aliphatic carbocycles. The Kier molecular flexibility index (Phi) is 6.15. The largest absolute Gasteiger partial charge is 0.312 e. The fourth-order valence-electron chi connectivity index (χ4n) is 3.76. The third kappa shape index (κ3) is 4.43. The summed E-state index contributed by atoms with van der Waals surface area (Å²) in [4.78, 5) is 2.58. The summed E-state index contributed by atoms with van der Waals surface area (Å²) in [6.45, 7) is 12.2. The molecule has 3 rings (SSSR count). The van der Waals surface area contributed by atoms with Crippen molar-refractivity contribution in [2.24, 2.45) is 5.92 Å². The first-order chi connectivity index (χ1) is 12.1. The average molecular weight is 361 g/mol. The van der Waals surface area contributed by atoms with E-state index in [0.717, 1.165) is 35.4 Å². The molecule has 0 saturated carbocycles. The van der Waals surface area contributed by atoms with Crippen LogP contribution in [-0.2, 0) is 6.54 Å². The Morgan fingerprint density at radius 3 is 2.72 bits per heavy atom. The van der Waals surface area contributed by atoms with Gasteiger partial charge in [-0.25, -0.2) is 4.68 Å². The highest BCUT2D eigenvalue weighted by molar-refractivity contribution is 6.30. The lowest BCUT2D eigenvalue weighted by atomic mass is 10.1. The van der Waals surface area contributed by atoms with Crippen LogP contribution in [0.15, 0.2) is 24.3 Å². The highest BCUT2D eigenvalue weighted by atomic mass is 35.5.